The van der Waals surface area contributed by atoms with Gasteiger partial charge in [-0.05, 0) is 48.5 Å². The van der Waals surface area contributed by atoms with Crippen molar-refractivity contribution in [2.24, 2.45) is 0 Å². The molecule has 0 aliphatic carbocycles. The second-order valence-electron chi connectivity index (χ2n) is 5.49. The Hall–Kier alpha value is -2.77. The van der Waals surface area contributed by atoms with Gasteiger partial charge in [-0.1, -0.05) is 48.2 Å². The van der Waals surface area contributed by atoms with Gasteiger partial charge in [-0.3, -0.25) is 20.0 Å². The van der Waals surface area contributed by atoms with Crippen molar-refractivity contribution in [3.8, 4) is 0 Å². The van der Waals surface area contributed by atoms with E-state index in [0.29, 0.717) is 10.5 Å². The number of carbonyl (C=O) groups excluding carboxylic acids is 2. The highest BCUT2D eigenvalue weighted by molar-refractivity contribution is 8.26. The van der Waals surface area contributed by atoms with Gasteiger partial charge in [0, 0.05) is 18.0 Å². The van der Waals surface area contributed by atoms with E-state index in [1.54, 1.807) is 18.2 Å². The molecule has 3 rings (SSSR count). The summed E-state index contributed by atoms with van der Waals surface area (Å²) in [6, 6.07) is 12.9. The normalized spacial score (nSPS) is 16.3. The molecule has 1 aliphatic heterocycles. The topological polar surface area (TPSA) is 62.3 Å². The number of aromatic nitrogens is 1. The fourth-order valence-electron chi connectivity index (χ4n) is 2.29. The molecule has 1 aromatic heterocycles. The van der Waals surface area contributed by atoms with Crippen molar-refractivity contribution < 1.29 is 9.59 Å². The van der Waals surface area contributed by atoms with E-state index in [1.807, 2.05) is 43.3 Å². The molecule has 26 heavy (non-hydrogen) atoms. The Labute approximate surface area is 160 Å². The maximum Gasteiger partial charge on any atom is 0.285 e. The lowest BCUT2D eigenvalue weighted by Gasteiger charge is -2.15. The van der Waals surface area contributed by atoms with Gasteiger partial charge in [0.15, 0.2) is 4.32 Å². The maximum absolute atomic E-state index is 12.6. The number of nitrogens with zero attached hydrogens (tertiary/aromatic N) is 2. The van der Waals surface area contributed by atoms with E-state index in [1.165, 1.54) is 12.4 Å². The predicted molar refractivity (Wildman–Crippen MR) is 107 cm³/mol. The van der Waals surface area contributed by atoms with Crippen LogP contribution in [0.5, 0.6) is 0 Å². The Balaban J connectivity index is 1.74. The summed E-state index contributed by atoms with van der Waals surface area (Å²) >= 11 is 6.39. The molecular formula is C19H15N3O2S2. The quantitative estimate of drug-likeness (QED) is 0.648. The summed E-state index contributed by atoms with van der Waals surface area (Å²) in [5.41, 5.74) is 4.90. The average molecular weight is 381 g/mol. The molecule has 1 fully saturated rings. The molecular weight excluding hydrogens is 366 g/mol. The number of benzene rings is 1. The van der Waals surface area contributed by atoms with Gasteiger partial charge in [0.05, 0.1) is 4.91 Å². The minimum Gasteiger partial charge on any atom is -0.267 e. The van der Waals surface area contributed by atoms with Crippen LogP contribution >= 0.6 is 24.0 Å². The summed E-state index contributed by atoms with van der Waals surface area (Å²) < 4.78 is 0.288. The standard InChI is InChI=1S/C19H15N3O2S2/c1-13(11-14-5-3-2-4-6-14)12-16-18(24)22(19(25)26-16)21-17(23)15-7-9-20-10-8-15/h2-12H,1H3,(H,21,23)/b13-11-,16-12+. The fourth-order valence-corrected chi connectivity index (χ4v) is 3.52. The molecule has 0 atom stereocenters. The maximum atomic E-state index is 12.6. The van der Waals surface area contributed by atoms with Crippen LogP contribution in [0.15, 0.2) is 71.4 Å². The highest BCUT2D eigenvalue weighted by Crippen LogP contribution is 2.31. The first-order valence-corrected chi connectivity index (χ1v) is 8.99. The van der Waals surface area contributed by atoms with Gasteiger partial charge in [0.2, 0.25) is 0 Å². The molecule has 1 saturated heterocycles. The number of thiocarbonyl (C=S) groups is 1. The number of hydrazine groups is 1. The summed E-state index contributed by atoms with van der Waals surface area (Å²) in [5.74, 6) is -0.760. The Morgan fingerprint density at radius 1 is 1.19 bits per heavy atom. The average Bonchev–Trinajstić information content (AvgIpc) is 2.90. The number of rotatable bonds is 4. The van der Waals surface area contributed by atoms with Crippen molar-refractivity contribution in [1.29, 1.82) is 0 Å². The molecule has 0 radical (unpaired) electrons. The lowest BCUT2D eigenvalue weighted by molar-refractivity contribution is -0.123. The summed E-state index contributed by atoms with van der Waals surface area (Å²) in [5, 5.41) is 1.10. The van der Waals surface area contributed by atoms with Crippen LogP contribution in [0.2, 0.25) is 0 Å². The van der Waals surface area contributed by atoms with Gasteiger partial charge >= 0.3 is 0 Å². The minimum atomic E-state index is -0.415. The van der Waals surface area contributed by atoms with E-state index in [4.69, 9.17) is 12.2 Å². The second-order valence-corrected chi connectivity index (χ2v) is 7.17. The fraction of sp³-hybridized carbons (Fsp3) is 0.0526. The number of amides is 2. The van der Waals surface area contributed by atoms with Crippen LogP contribution in [0.25, 0.3) is 6.08 Å². The van der Waals surface area contributed by atoms with Gasteiger partial charge in [-0.25, -0.2) is 0 Å². The second kappa shape index (κ2) is 8.07. The molecule has 0 spiro atoms. The molecule has 0 bridgehead atoms. The molecule has 1 N–H and O–H groups in total. The first-order valence-electron chi connectivity index (χ1n) is 7.77. The minimum absolute atomic E-state index is 0.288. The molecule has 0 unspecified atom stereocenters. The van der Waals surface area contributed by atoms with Crippen molar-refractivity contribution in [2.75, 3.05) is 0 Å². The molecule has 7 heteroatoms. The van der Waals surface area contributed by atoms with E-state index in [-0.39, 0.29) is 10.2 Å². The first-order chi connectivity index (χ1) is 12.5. The number of thioether (sulfide) groups is 1. The summed E-state index contributed by atoms with van der Waals surface area (Å²) in [4.78, 5) is 29.1. The Morgan fingerprint density at radius 3 is 2.58 bits per heavy atom. The van der Waals surface area contributed by atoms with Gasteiger partial charge in [0.1, 0.15) is 0 Å². The van der Waals surface area contributed by atoms with E-state index < -0.39 is 5.91 Å². The smallest absolute Gasteiger partial charge is 0.267 e. The number of hydrogen-bond acceptors (Lipinski definition) is 5. The largest absolute Gasteiger partial charge is 0.285 e. The van der Waals surface area contributed by atoms with Gasteiger partial charge < -0.3 is 0 Å². The van der Waals surface area contributed by atoms with Crippen LogP contribution in [0.4, 0.5) is 0 Å². The molecule has 1 aliphatic rings. The van der Waals surface area contributed by atoms with Crippen LogP contribution in [0.1, 0.15) is 22.8 Å². The van der Waals surface area contributed by atoms with Crippen molar-refractivity contribution in [3.05, 3.63) is 82.5 Å². The van der Waals surface area contributed by atoms with Crippen molar-refractivity contribution >= 4 is 46.2 Å². The van der Waals surface area contributed by atoms with E-state index in [2.05, 4.69) is 10.4 Å². The third-order valence-electron chi connectivity index (χ3n) is 3.50. The highest BCUT2D eigenvalue weighted by atomic mass is 32.2. The van der Waals surface area contributed by atoms with Crippen LogP contribution < -0.4 is 5.43 Å². The van der Waals surface area contributed by atoms with Gasteiger partial charge in [-0.2, -0.15) is 5.01 Å². The molecule has 5 nitrogen and oxygen atoms in total. The zero-order valence-electron chi connectivity index (χ0n) is 13.9. The van der Waals surface area contributed by atoms with E-state index >= 15 is 0 Å². The van der Waals surface area contributed by atoms with Crippen LogP contribution in [0.3, 0.4) is 0 Å². The highest BCUT2D eigenvalue weighted by Gasteiger charge is 2.33. The lowest BCUT2D eigenvalue weighted by atomic mass is 10.1. The van der Waals surface area contributed by atoms with Crippen molar-refractivity contribution in [1.82, 2.24) is 15.4 Å². The lowest BCUT2D eigenvalue weighted by Crippen LogP contribution is -2.44. The summed E-state index contributed by atoms with van der Waals surface area (Å²) in [6.07, 6.45) is 6.76. The third kappa shape index (κ3) is 4.25. The summed E-state index contributed by atoms with van der Waals surface area (Å²) in [7, 11) is 0. The van der Waals surface area contributed by atoms with Crippen LogP contribution in [-0.4, -0.2) is 26.1 Å². The number of hydrogen-bond donors (Lipinski definition) is 1. The molecule has 2 heterocycles. The van der Waals surface area contributed by atoms with Crippen molar-refractivity contribution in [2.45, 2.75) is 6.92 Å². The summed E-state index contributed by atoms with van der Waals surface area (Å²) in [6.45, 7) is 1.91. The Kier molecular flexibility index (Phi) is 5.60. The molecule has 2 amide bonds. The molecule has 130 valence electrons. The Morgan fingerprint density at radius 2 is 1.88 bits per heavy atom. The van der Waals surface area contributed by atoms with E-state index in [0.717, 1.165) is 27.9 Å². The number of carbonyl (C=O) groups is 2. The Bertz CT molecular complexity index is 909. The third-order valence-corrected chi connectivity index (χ3v) is 4.80. The predicted octanol–water partition coefficient (Wildman–Crippen LogP) is 3.57. The first kappa shape index (κ1) is 18.0. The molecule has 2 aromatic rings. The molecule has 0 saturated carbocycles. The van der Waals surface area contributed by atoms with Crippen LogP contribution in [-0.2, 0) is 4.79 Å². The monoisotopic (exact) mass is 381 g/mol. The number of allylic oxidation sites excluding steroid dienone is 2. The van der Waals surface area contributed by atoms with Gasteiger partial charge in [0.25, 0.3) is 11.8 Å². The number of nitrogens with one attached hydrogen (secondary N) is 1. The van der Waals surface area contributed by atoms with Crippen LogP contribution in [0, 0.1) is 0 Å². The molecule has 1 aromatic carbocycles. The number of pyridine rings is 1. The van der Waals surface area contributed by atoms with Gasteiger partial charge in [-0.15, -0.1) is 0 Å². The SMILES string of the molecule is CC(=C/c1ccccc1)/C=C1/SC(=S)N(NC(=O)c2ccncc2)C1=O. The van der Waals surface area contributed by atoms with E-state index in [9.17, 15) is 9.59 Å². The van der Waals surface area contributed by atoms with Crippen molar-refractivity contribution in [3.63, 3.8) is 0 Å². The zero-order chi connectivity index (χ0) is 18.5. The zero-order valence-corrected chi connectivity index (χ0v) is 15.5.